The summed E-state index contributed by atoms with van der Waals surface area (Å²) in [6, 6.07) is 14.6. The summed E-state index contributed by atoms with van der Waals surface area (Å²) >= 11 is 9.60. The summed E-state index contributed by atoms with van der Waals surface area (Å²) in [6.45, 7) is 1.96. The molecule has 0 saturated heterocycles. The van der Waals surface area contributed by atoms with E-state index >= 15 is 0 Å². The molecule has 0 atom stereocenters. The van der Waals surface area contributed by atoms with Crippen molar-refractivity contribution < 1.29 is 14.4 Å². The lowest BCUT2D eigenvalue weighted by Crippen LogP contribution is -2.03. The van der Waals surface area contributed by atoms with Gasteiger partial charge in [-0.25, -0.2) is 9.48 Å². The SMILES string of the molecule is Cc1cccc(-c2nc(-c3c(Br)c(C(=O)O)nn3-c3ccccc3Cl)no2)c1. The van der Waals surface area contributed by atoms with E-state index < -0.39 is 5.97 Å². The van der Waals surface area contributed by atoms with Crippen molar-refractivity contribution in [3.63, 3.8) is 0 Å². The topological polar surface area (TPSA) is 94.0 Å². The molecule has 7 nitrogen and oxygen atoms in total. The number of carboxylic acid groups (broad SMARTS) is 1. The summed E-state index contributed by atoms with van der Waals surface area (Å²) in [5.74, 6) is -0.695. The molecule has 28 heavy (non-hydrogen) atoms. The summed E-state index contributed by atoms with van der Waals surface area (Å²) in [6.07, 6.45) is 0. The molecule has 9 heteroatoms. The third kappa shape index (κ3) is 3.21. The van der Waals surface area contributed by atoms with Crippen LogP contribution in [0.1, 0.15) is 16.1 Å². The molecule has 2 aromatic carbocycles. The molecule has 0 bridgehead atoms. The Hall–Kier alpha value is -2.97. The molecule has 0 aliphatic carbocycles. The molecule has 0 amide bonds. The largest absolute Gasteiger partial charge is 0.476 e. The highest BCUT2D eigenvalue weighted by molar-refractivity contribution is 9.10. The van der Waals surface area contributed by atoms with Crippen LogP contribution in [0, 0.1) is 6.92 Å². The van der Waals surface area contributed by atoms with Gasteiger partial charge in [0.25, 0.3) is 5.89 Å². The van der Waals surface area contributed by atoms with Gasteiger partial charge in [-0.2, -0.15) is 10.1 Å². The van der Waals surface area contributed by atoms with E-state index in [0.29, 0.717) is 22.3 Å². The smallest absolute Gasteiger partial charge is 0.357 e. The molecule has 0 aliphatic heterocycles. The second kappa shape index (κ2) is 7.21. The van der Waals surface area contributed by atoms with Gasteiger partial charge in [0.1, 0.15) is 5.69 Å². The molecule has 0 saturated carbocycles. The first kappa shape index (κ1) is 18.4. The van der Waals surface area contributed by atoms with E-state index in [1.807, 2.05) is 31.2 Å². The Morgan fingerprint density at radius 2 is 2.00 bits per heavy atom. The van der Waals surface area contributed by atoms with Gasteiger partial charge >= 0.3 is 5.97 Å². The standard InChI is InChI=1S/C19H12BrClN4O3/c1-10-5-4-6-11(9-10)18-22-17(24-28-18)16-14(20)15(19(26)27)23-25(16)13-8-3-2-7-12(13)21/h2-9H,1H3,(H,26,27). The highest BCUT2D eigenvalue weighted by atomic mass is 79.9. The van der Waals surface area contributed by atoms with Crippen LogP contribution in [-0.4, -0.2) is 31.0 Å². The molecule has 0 aliphatic rings. The van der Waals surface area contributed by atoms with E-state index in [-0.39, 0.29) is 16.0 Å². The van der Waals surface area contributed by atoms with E-state index in [9.17, 15) is 9.90 Å². The molecule has 0 radical (unpaired) electrons. The van der Waals surface area contributed by atoms with E-state index in [4.69, 9.17) is 16.1 Å². The zero-order valence-corrected chi connectivity index (χ0v) is 16.8. The number of aryl methyl sites for hydroxylation is 1. The third-order valence-corrected chi connectivity index (χ3v) is 5.08. The molecule has 4 rings (SSSR count). The van der Waals surface area contributed by atoms with E-state index in [0.717, 1.165) is 11.1 Å². The highest BCUT2D eigenvalue weighted by Crippen LogP contribution is 2.34. The maximum atomic E-state index is 11.6. The van der Waals surface area contributed by atoms with Gasteiger partial charge in [-0.3, -0.25) is 0 Å². The van der Waals surface area contributed by atoms with Gasteiger partial charge in [0.2, 0.25) is 5.82 Å². The minimum atomic E-state index is -1.19. The predicted octanol–water partition coefficient (Wildman–Crippen LogP) is 5.01. The molecule has 2 heterocycles. The average molecular weight is 460 g/mol. The van der Waals surface area contributed by atoms with Crippen LogP contribution in [0.25, 0.3) is 28.7 Å². The zero-order valence-electron chi connectivity index (χ0n) is 14.4. The summed E-state index contributed by atoms with van der Waals surface area (Å²) in [7, 11) is 0. The first-order valence-corrected chi connectivity index (χ1v) is 9.30. The fourth-order valence-electron chi connectivity index (χ4n) is 2.74. The molecule has 0 fully saturated rings. The number of halogens is 2. The van der Waals surface area contributed by atoms with Crippen LogP contribution in [0.4, 0.5) is 0 Å². The van der Waals surface area contributed by atoms with Crippen LogP contribution in [-0.2, 0) is 0 Å². The molecular formula is C19H12BrClN4O3. The Kier molecular flexibility index (Phi) is 4.74. The van der Waals surface area contributed by atoms with Crippen molar-refractivity contribution >= 4 is 33.5 Å². The number of para-hydroxylation sites is 1. The minimum Gasteiger partial charge on any atom is -0.476 e. The number of rotatable bonds is 4. The lowest BCUT2D eigenvalue weighted by Gasteiger charge is -2.06. The van der Waals surface area contributed by atoms with Gasteiger partial charge in [-0.05, 0) is 47.1 Å². The fourth-order valence-corrected chi connectivity index (χ4v) is 3.55. The van der Waals surface area contributed by atoms with Crippen molar-refractivity contribution in [2.45, 2.75) is 6.92 Å². The van der Waals surface area contributed by atoms with E-state index in [2.05, 4.69) is 31.2 Å². The number of aromatic nitrogens is 4. The number of aromatic carboxylic acids is 1. The lowest BCUT2D eigenvalue weighted by atomic mass is 10.1. The van der Waals surface area contributed by atoms with Gasteiger partial charge < -0.3 is 9.63 Å². The molecule has 0 spiro atoms. The van der Waals surface area contributed by atoms with Crippen molar-refractivity contribution in [3.05, 3.63) is 69.3 Å². The number of carboxylic acids is 1. The second-order valence-electron chi connectivity index (χ2n) is 5.97. The fraction of sp³-hybridized carbons (Fsp3) is 0.0526. The number of hydrogen-bond donors (Lipinski definition) is 1. The van der Waals surface area contributed by atoms with Crippen LogP contribution >= 0.6 is 27.5 Å². The average Bonchev–Trinajstić information content (AvgIpc) is 3.27. The Balaban J connectivity index is 1.91. The molecule has 4 aromatic rings. The molecule has 140 valence electrons. The van der Waals surface area contributed by atoms with Crippen molar-refractivity contribution in [1.29, 1.82) is 0 Å². The van der Waals surface area contributed by atoms with Crippen molar-refractivity contribution in [2.24, 2.45) is 0 Å². The Bertz CT molecular complexity index is 1200. The van der Waals surface area contributed by atoms with E-state index in [1.54, 1.807) is 24.3 Å². The predicted molar refractivity (Wildman–Crippen MR) is 107 cm³/mol. The van der Waals surface area contributed by atoms with Crippen molar-refractivity contribution in [1.82, 2.24) is 19.9 Å². The number of hydrogen-bond acceptors (Lipinski definition) is 5. The normalized spacial score (nSPS) is 11.0. The van der Waals surface area contributed by atoms with Crippen LogP contribution < -0.4 is 0 Å². The number of carbonyl (C=O) groups is 1. The van der Waals surface area contributed by atoms with Gasteiger partial charge in [0.05, 0.1) is 15.2 Å². The Morgan fingerprint density at radius 1 is 1.21 bits per heavy atom. The Morgan fingerprint density at radius 3 is 2.71 bits per heavy atom. The van der Waals surface area contributed by atoms with Crippen LogP contribution in [0.3, 0.4) is 0 Å². The van der Waals surface area contributed by atoms with Crippen LogP contribution in [0.2, 0.25) is 5.02 Å². The number of nitrogens with zero attached hydrogens (tertiary/aromatic N) is 4. The third-order valence-electron chi connectivity index (χ3n) is 4.01. The maximum Gasteiger partial charge on any atom is 0.357 e. The summed E-state index contributed by atoms with van der Waals surface area (Å²) in [5.41, 5.74) is 2.45. The monoisotopic (exact) mass is 458 g/mol. The van der Waals surface area contributed by atoms with Crippen LogP contribution in [0.15, 0.2) is 57.5 Å². The summed E-state index contributed by atoms with van der Waals surface area (Å²) in [5, 5.41) is 18.1. The first-order valence-electron chi connectivity index (χ1n) is 8.13. The van der Waals surface area contributed by atoms with Gasteiger partial charge in [-0.1, -0.05) is 46.6 Å². The maximum absolute atomic E-state index is 11.6. The number of benzene rings is 2. The minimum absolute atomic E-state index is 0.183. The molecule has 0 unspecified atom stereocenters. The lowest BCUT2D eigenvalue weighted by molar-refractivity contribution is 0.0689. The van der Waals surface area contributed by atoms with Crippen molar-refractivity contribution in [2.75, 3.05) is 0 Å². The van der Waals surface area contributed by atoms with E-state index in [1.165, 1.54) is 4.68 Å². The highest BCUT2D eigenvalue weighted by Gasteiger charge is 2.27. The Labute approximate surface area is 172 Å². The van der Waals surface area contributed by atoms with Crippen LogP contribution in [0.5, 0.6) is 0 Å². The first-order chi connectivity index (χ1) is 13.5. The van der Waals surface area contributed by atoms with Gasteiger partial charge in [-0.15, -0.1) is 0 Å². The summed E-state index contributed by atoms with van der Waals surface area (Å²) in [4.78, 5) is 16.0. The summed E-state index contributed by atoms with van der Waals surface area (Å²) < 4.78 is 7.03. The van der Waals surface area contributed by atoms with Gasteiger partial charge in [0.15, 0.2) is 5.69 Å². The molecule has 2 aromatic heterocycles. The molecule has 1 N–H and O–H groups in total. The molecular weight excluding hydrogens is 448 g/mol. The van der Waals surface area contributed by atoms with Gasteiger partial charge in [0, 0.05) is 5.56 Å². The zero-order chi connectivity index (χ0) is 19.8. The second-order valence-corrected chi connectivity index (χ2v) is 7.17. The van der Waals surface area contributed by atoms with Crippen molar-refractivity contribution in [3.8, 4) is 28.7 Å². The quantitative estimate of drug-likeness (QED) is 0.461.